The Morgan fingerprint density at radius 3 is 2.31 bits per heavy atom. The molecule has 1 atom stereocenters. The summed E-state index contributed by atoms with van der Waals surface area (Å²) in [4.78, 5) is 37.2. The van der Waals surface area contributed by atoms with Gasteiger partial charge in [0.05, 0.1) is 5.92 Å². The Bertz CT molecular complexity index is 808. The van der Waals surface area contributed by atoms with E-state index in [1.807, 2.05) is 19.9 Å². The number of Topliss-reactive ketones (excluding diaryl/α,β-unsaturated/α-hetero) is 1. The highest BCUT2D eigenvalue weighted by atomic mass is 32.1. The molecule has 0 aliphatic heterocycles. The Kier molecular flexibility index (Phi) is 6.69. The van der Waals surface area contributed by atoms with Crippen molar-refractivity contribution < 1.29 is 19.5 Å². The maximum atomic E-state index is 12.2. The molecular weight excluding hydrogens is 350 g/mol. The van der Waals surface area contributed by atoms with E-state index in [-0.39, 0.29) is 24.5 Å². The van der Waals surface area contributed by atoms with Crippen LogP contribution in [0.5, 0.6) is 0 Å². The molecule has 1 heterocycles. The maximum Gasteiger partial charge on any atom is 0.306 e. The van der Waals surface area contributed by atoms with Crippen LogP contribution in [0, 0.1) is 19.8 Å². The number of ketones is 1. The van der Waals surface area contributed by atoms with E-state index in [1.165, 1.54) is 0 Å². The Morgan fingerprint density at radius 2 is 1.77 bits per heavy atom. The summed E-state index contributed by atoms with van der Waals surface area (Å²) in [6.45, 7) is 5.53. The Labute approximate surface area is 157 Å². The van der Waals surface area contributed by atoms with Crippen LogP contribution in [0.2, 0.25) is 0 Å². The summed E-state index contributed by atoms with van der Waals surface area (Å²) in [5, 5.41) is 11.7. The van der Waals surface area contributed by atoms with Crippen LogP contribution in [0.25, 0.3) is 0 Å². The topological polar surface area (TPSA) is 83.5 Å². The third kappa shape index (κ3) is 5.52. The minimum Gasteiger partial charge on any atom is -0.481 e. The van der Waals surface area contributed by atoms with Crippen molar-refractivity contribution in [2.75, 3.05) is 5.32 Å². The first-order valence-electron chi connectivity index (χ1n) is 8.48. The van der Waals surface area contributed by atoms with Crippen LogP contribution in [0.4, 0.5) is 5.69 Å². The Hall–Kier alpha value is -2.47. The molecule has 5 nitrogen and oxygen atoms in total. The summed E-state index contributed by atoms with van der Waals surface area (Å²) < 4.78 is 0. The van der Waals surface area contributed by atoms with Crippen LogP contribution in [0.3, 0.4) is 0 Å². The highest BCUT2D eigenvalue weighted by Gasteiger charge is 2.14. The molecule has 0 spiro atoms. The van der Waals surface area contributed by atoms with E-state index >= 15 is 0 Å². The van der Waals surface area contributed by atoms with Crippen LogP contribution in [-0.4, -0.2) is 22.8 Å². The third-order valence-corrected chi connectivity index (χ3v) is 5.09. The smallest absolute Gasteiger partial charge is 0.306 e. The molecule has 138 valence electrons. The van der Waals surface area contributed by atoms with E-state index in [4.69, 9.17) is 5.11 Å². The Balaban J connectivity index is 1.85. The molecule has 0 saturated heterocycles. The number of carbonyl (C=O) groups excluding carboxylic acids is 2. The minimum atomic E-state index is -0.830. The van der Waals surface area contributed by atoms with Gasteiger partial charge in [-0.3, -0.25) is 14.4 Å². The summed E-state index contributed by atoms with van der Waals surface area (Å²) in [5.41, 5.74) is 2.24. The predicted molar refractivity (Wildman–Crippen MR) is 103 cm³/mol. The number of amides is 1. The normalized spacial score (nSPS) is 11.8. The molecule has 2 aromatic rings. The molecule has 0 aliphatic carbocycles. The number of nitrogens with one attached hydrogen (secondary N) is 1. The van der Waals surface area contributed by atoms with Crippen molar-refractivity contribution in [3.05, 3.63) is 51.2 Å². The van der Waals surface area contributed by atoms with Crippen LogP contribution in [0.15, 0.2) is 30.3 Å². The van der Waals surface area contributed by atoms with E-state index in [0.717, 1.165) is 15.3 Å². The average Bonchev–Trinajstić information content (AvgIpc) is 2.92. The molecule has 2 N–H and O–H groups in total. The number of anilines is 1. The van der Waals surface area contributed by atoms with E-state index in [9.17, 15) is 14.4 Å². The zero-order chi connectivity index (χ0) is 19.3. The number of rotatable bonds is 8. The quantitative estimate of drug-likeness (QED) is 0.678. The van der Waals surface area contributed by atoms with Gasteiger partial charge in [-0.05, 0) is 44.0 Å². The van der Waals surface area contributed by atoms with Gasteiger partial charge in [0.15, 0.2) is 5.78 Å². The predicted octanol–water partition coefficient (Wildman–Crippen LogP) is 4.23. The SMILES string of the molecule is Cc1cc(C(=O)CCC(=O)Nc2ccc(CC(C)C(=O)O)cc2)c(C)s1. The van der Waals surface area contributed by atoms with Crippen LogP contribution in [-0.2, 0) is 16.0 Å². The zero-order valence-electron chi connectivity index (χ0n) is 15.2. The lowest BCUT2D eigenvalue weighted by atomic mass is 10.0. The molecule has 26 heavy (non-hydrogen) atoms. The minimum absolute atomic E-state index is 0.0139. The molecule has 0 saturated carbocycles. The second kappa shape index (κ2) is 8.76. The van der Waals surface area contributed by atoms with Crippen molar-refractivity contribution in [1.29, 1.82) is 0 Å². The third-order valence-electron chi connectivity index (χ3n) is 4.12. The van der Waals surface area contributed by atoms with E-state index in [1.54, 1.807) is 42.5 Å². The number of aryl methyl sites for hydroxylation is 2. The van der Waals surface area contributed by atoms with E-state index < -0.39 is 11.9 Å². The lowest BCUT2D eigenvalue weighted by molar-refractivity contribution is -0.141. The molecule has 1 unspecified atom stereocenters. The molecule has 2 rings (SSSR count). The fraction of sp³-hybridized carbons (Fsp3) is 0.350. The fourth-order valence-corrected chi connectivity index (χ4v) is 3.60. The van der Waals surface area contributed by atoms with Gasteiger partial charge in [0.1, 0.15) is 0 Å². The van der Waals surface area contributed by atoms with Gasteiger partial charge >= 0.3 is 5.97 Å². The van der Waals surface area contributed by atoms with E-state index in [0.29, 0.717) is 17.7 Å². The molecule has 0 aliphatic rings. The zero-order valence-corrected chi connectivity index (χ0v) is 16.0. The fourth-order valence-electron chi connectivity index (χ4n) is 2.66. The molecule has 6 heteroatoms. The van der Waals surface area contributed by atoms with Crippen molar-refractivity contribution in [2.24, 2.45) is 5.92 Å². The van der Waals surface area contributed by atoms with E-state index in [2.05, 4.69) is 5.32 Å². The lowest BCUT2D eigenvalue weighted by Gasteiger charge is -2.08. The van der Waals surface area contributed by atoms with Crippen molar-refractivity contribution in [1.82, 2.24) is 0 Å². The number of carboxylic acids is 1. The van der Waals surface area contributed by atoms with Gasteiger partial charge in [-0.1, -0.05) is 19.1 Å². The highest BCUT2D eigenvalue weighted by Crippen LogP contribution is 2.22. The summed E-state index contributed by atoms with van der Waals surface area (Å²) in [6.07, 6.45) is 0.749. The molecule has 0 radical (unpaired) electrons. The van der Waals surface area contributed by atoms with Gasteiger partial charge in [0, 0.05) is 33.8 Å². The summed E-state index contributed by atoms with van der Waals surface area (Å²) in [6, 6.07) is 8.97. The van der Waals surface area contributed by atoms with Crippen molar-refractivity contribution in [3.63, 3.8) is 0 Å². The first kappa shape index (κ1) is 19.8. The first-order chi connectivity index (χ1) is 12.3. The molecule has 1 aromatic heterocycles. The molecular formula is C20H23NO4S. The van der Waals surface area contributed by atoms with Gasteiger partial charge in [-0.15, -0.1) is 11.3 Å². The number of carbonyl (C=O) groups is 3. The van der Waals surface area contributed by atoms with Gasteiger partial charge in [-0.25, -0.2) is 0 Å². The number of hydrogen-bond donors (Lipinski definition) is 2. The molecule has 1 aromatic carbocycles. The standard InChI is InChI=1S/C20H23NO4S/c1-12(20(24)25)10-15-4-6-16(7-5-15)21-19(23)9-8-18(22)17-11-13(2)26-14(17)3/h4-7,11-12H,8-10H2,1-3H3,(H,21,23)(H,24,25). The monoisotopic (exact) mass is 373 g/mol. The van der Waals surface area contributed by atoms with Crippen molar-refractivity contribution in [2.45, 2.75) is 40.0 Å². The second-order valence-corrected chi connectivity index (χ2v) is 7.90. The second-order valence-electron chi connectivity index (χ2n) is 6.44. The summed E-state index contributed by atoms with van der Waals surface area (Å²) in [5.74, 6) is -1.51. The van der Waals surface area contributed by atoms with Crippen LogP contribution >= 0.6 is 11.3 Å². The largest absolute Gasteiger partial charge is 0.481 e. The molecule has 0 fully saturated rings. The first-order valence-corrected chi connectivity index (χ1v) is 9.29. The number of benzene rings is 1. The highest BCUT2D eigenvalue weighted by molar-refractivity contribution is 7.12. The number of carboxylic acid groups (broad SMARTS) is 1. The summed E-state index contributed by atoms with van der Waals surface area (Å²) in [7, 11) is 0. The van der Waals surface area contributed by atoms with Gasteiger partial charge < -0.3 is 10.4 Å². The van der Waals surface area contributed by atoms with Crippen molar-refractivity contribution >= 4 is 34.7 Å². The van der Waals surface area contributed by atoms with Gasteiger partial charge in [-0.2, -0.15) is 0 Å². The number of thiophene rings is 1. The van der Waals surface area contributed by atoms with Crippen LogP contribution in [0.1, 0.15) is 45.4 Å². The van der Waals surface area contributed by atoms with Crippen molar-refractivity contribution in [3.8, 4) is 0 Å². The number of aliphatic carboxylic acids is 1. The molecule has 0 bridgehead atoms. The summed E-state index contributed by atoms with van der Waals surface area (Å²) >= 11 is 1.58. The van der Waals surface area contributed by atoms with Gasteiger partial charge in [0.2, 0.25) is 5.91 Å². The number of hydrogen-bond acceptors (Lipinski definition) is 4. The maximum absolute atomic E-state index is 12.2. The lowest BCUT2D eigenvalue weighted by Crippen LogP contribution is -2.14. The molecule has 1 amide bonds. The average molecular weight is 373 g/mol. The Morgan fingerprint density at radius 1 is 1.12 bits per heavy atom. The van der Waals surface area contributed by atoms with Crippen LogP contribution < -0.4 is 5.32 Å². The van der Waals surface area contributed by atoms with Gasteiger partial charge in [0.25, 0.3) is 0 Å².